The van der Waals surface area contributed by atoms with Gasteiger partial charge in [-0.25, -0.2) is 0 Å². The van der Waals surface area contributed by atoms with Crippen molar-refractivity contribution in [2.45, 2.75) is 233 Å². The Labute approximate surface area is 322 Å². The number of carboxylic acid groups (broad SMARTS) is 4. The molecule has 4 N–H and O–H groups in total. The Morgan fingerprint density at radius 2 is 0.388 bits per heavy atom. The maximum absolute atomic E-state index is 10.1. The second kappa shape index (κ2) is 53.6. The Bertz CT molecular complexity index is 561. The second-order valence-electron chi connectivity index (χ2n) is 13.1. The SMILES string of the molecule is CCCCCCCCCC(=O)O.CCCCCCCCCC(=O)O.CCCCCCCCCC(=O)O.CCCCCCCCCC(=O)O.[Cd]. The fraction of sp³-hybridized carbons (Fsp3) is 0.900. The molecule has 9 heteroatoms. The molecule has 290 valence electrons. The maximum atomic E-state index is 10.1. The minimum Gasteiger partial charge on any atom is -0.481 e. The number of unbranched alkanes of at least 4 members (excludes halogenated alkanes) is 24. The fourth-order valence-electron chi connectivity index (χ4n) is 4.93. The van der Waals surface area contributed by atoms with Crippen molar-refractivity contribution in [2.24, 2.45) is 0 Å². The van der Waals surface area contributed by atoms with Gasteiger partial charge in [0.25, 0.3) is 0 Å². The Morgan fingerprint density at radius 1 is 0.265 bits per heavy atom. The van der Waals surface area contributed by atoms with E-state index in [-0.39, 0.29) is 27.3 Å². The predicted molar refractivity (Wildman–Crippen MR) is 201 cm³/mol. The van der Waals surface area contributed by atoms with Crippen LogP contribution in [0, 0.1) is 0 Å². The molecule has 0 saturated heterocycles. The van der Waals surface area contributed by atoms with Crippen molar-refractivity contribution in [1.29, 1.82) is 0 Å². The van der Waals surface area contributed by atoms with Crippen LogP contribution in [0.15, 0.2) is 0 Å². The van der Waals surface area contributed by atoms with Crippen molar-refractivity contribution in [2.75, 3.05) is 0 Å². The van der Waals surface area contributed by atoms with Crippen molar-refractivity contribution in [1.82, 2.24) is 0 Å². The minimum atomic E-state index is -0.663. The summed E-state index contributed by atoms with van der Waals surface area (Å²) in [5, 5.41) is 33.4. The van der Waals surface area contributed by atoms with E-state index in [1.165, 1.54) is 128 Å². The molecule has 0 aliphatic rings. The van der Waals surface area contributed by atoms with Crippen LogP contribution in [-0.4, -0.2) is 44.3 Å². The van der Waals surface area contributed by atoms with Gasteiger partial charge in [-0.2, -0.15) is 0 Å². The molecule has 8 nitrogen and oxygen atoms in total. The first-order valence-corrected chi connectivity index (χ1v) is 20.0. The molecular formula is C40H80CdO8. The summed E-state index contributed by atoms with van der Waals surface area (Å²) < 4.78 is 0. The summed E-state index contributed by atoms with van der Waals surface area (Å²) in [5.41, 5.74) is 0. The first-order chi connectivity index (χ1) is 23.1. The summed E-state index contributed by atoms with van der Waals surface area (Å²) in [4.78, 5) is 40.5. The monoisotopic (exact) mass is 802 g/mol. The van der Waals surface area contributed by atoms with Gasteiger partial charge in [0.2, 0.25) is 0 Å². The first-order valence-electron chi connectivity index (χ1n) is 20.0. The van der Waals surface area contributed by atoms with E-state index in [2.05, 4.69) is 27.7 Å². The van der Waals surface area contributed by atoms with Gasteiger partial charge in [0.05, 0.1) is 0 Å². The molecule has 0 aromatic heterocycles. The van der Waals surface area contributed by atoms with E-state index in [4.69, 9.17) is 20.4 Å². The second-order valence-corrected chi connectivity index (χ2v) is 13.1. The topological polar surface area (TPSA) is 149 Å². The summed E-state index contributed by atoms with van der Waals surface area (Å²) in [7, 11) is 0. The van der Waals surface area contributed by atoms with Crippen LogP contribution in [-0.2, 0) is 46.5 Å². The number of hydrogen-bond donors (Lipinski definition) is 4. The Balaban J connectivity index is -0.000000174. The molecular weight excluding hydrogens is 721 g/mol. The fourth-order valence-corrected chi connectivity index (χ4v) is 4.93. The number of hydrogen-bond acceptors (Lipinski definition) is 4. The Kier molecular flexibility index (Phi) is 62.5. The van der Waals surface area contributed by atoms with Crippen LogP contribution in [0.25, 0.3) is 0 Å². The van der Waals surface area contributed by atoms with Crippen molar-refractivity contribution in [3.8, 4) is 0 Å². The molecule has 0 aromatic carbocycles. The minimum absolute atomic E-state index is 0. The summed E-state index contributed by atoms with van der Waals surface area (Å²) in [6.45, 7) is 8.80. The van der Waals surface area contributed by atoms with Crippen LogP contribution in [0.4, 0.5) is 0 Å². The number of rotatable bonds is 32. The third-order valence-corrected chi connectivity index (χ3v) is 7.98. The summed E-state index contributed by atoms with van der Waals surface area (Å²) in [5.74, 6) is -2.65. The summed E-state index contributed by atoms with van der Waals surface area (Å²) in [6, 6.07) is 0. The quantitative estimate of drug-likeness (QED) is 0.0388. The maximum Gasteiger partial charge on any atom is 0.303 e. The smallest absolute Gasteiger partial charge is 0.303 e. The van der Waals surface area contributed by atoms with Crippen molar-refractivity contribution < 1.29 is 66.9 Å². The van der Waals surface area contributed by atoms with E-state index >= 15 is 0 Å². The molecule has 0 radical (unpaired) electrons. The molecule has 0 aliphatic heterocycles. The van der Waals surface area contributed by atoms with Gasteiger partial charge in [0, 0.05) is 53.0 Å². The molecule has 0 aliphatic carbocycles. The largest absolute Gasteiger partial charge is 0.481 e. The molecule has 0 bridgehead atoms. The van der Waals surface area contributed by atoms with Gasteiger partial charge in [0.1, 0.15) is 0 Å². The number of carbonyl (C=O) groups is 4. The third-order valence-electron chi connectivity index (χ3n) is 7.98. The standard InChI is InChI=1S/4C10H20O2.Cd/c4*1-2-3-4-5-6-7-8-9-10(11)12;/h4*2-9H2,1H3,(H,11,12);. The molecule has 0 amide bonds. The van der Waals surface area contributed by atoms with E-state index < -0.39 is 23.9 Å². The average molecular weight is 801 g/mol. The van der Waals surface area contributed by atoms with Crippen LogP contribution >= 0.6 is 0 Å². The van der Waals surface area contributed by atoms with Crippen LogP contribution in [0.5, 0.6) is 0 Å². The third kappa shape index (κ3) is 77.6. The van der Waals surface area contributed by atoms with Crippen molar-refractivity contribution >= 4 is 23.9 Å². The van der Waals surface area contributed by atoms with Gasteiger partial charge in [-0.1, -0.05) is 182 Å². The normalized spacial score (nSPS) is 9.88. The van der Waals surface area contributed by atoms with Crippen LogP contribution in [0.3, 0.4) is 0 Å². The van der Waals surface area contributed by atoms with Crippen molar-refractivity contribution in [3.05, 3.63) is 0 Å². The van der Waals surface area contributed by atoms with Crippen LogP contribution < -0.4 is 0 Å². The zero-order chi connectivity index (χ0) is 36.9. The molecule has 0 heterocycles. The zero-order valence-electron chi connectivity index (χ0n) is 32.8. The van der Waals surface area contributed by atoms with Gasteiger partial charge in [-0.15, -0.1) is 0 Å². The van der Waals surface area contributed by atoms with E-state index in [9.17, 15) is 19.2 Å². The van der Waals surface area contributed by atoms with Gasteiger partial charge in [-0.05, 0) is 25.7 Å². The molecule has 49 heavy (non-hydrogen) atoms. The van der Waals surface area contributed by atoms with E-state index in [1.807, 2.05) is 0 Å². The summed E-state index contributed by atoms with van der Waals surface area (Å²) >= 11 is 0. The van der Waals surface area contributed by atoms with Crippen molar-refractivity contribution in [3.63, 3.8) is 0 Å². The zero-order valence-corrected chi connectivity index (χ0v) is 36.8. The molecule has 0 spiro atoms. The number of aliphatic carboxylic acids is 4. The van der Waals surface area contributed by atoms with Gasteiger partial charge < -0.3 is 20.4 Å². The van der Waals surface area contributed by atoms with Gasteiger partial charge in [-0.3, -0.25) is 19.2 Å². The van der Waals surface area contributed by atoms with Gasteiger partial charge >= 0.3 is 23.9 Å². The van der Waals surface area contributed by atoms with Gasteiger partial charge in [0.15, 0.2) is 0 Å². The molecule has 0 fully saturated rings. The van der Waals surface area contributed by atoms with E-state index in [0.29, 0.717) is 25.7 Å². The molecule has 0 rings (SSSR count). The predicted octanol–water partition coefficient (Wildman–Crippen LogP) is 12.8. The Hall–Kier alpha value is -1.20. The Morgan fingerprint density at radius 3 is 0.510 bits per heavy atom. The van der Waals surface area contributed by atoms with Crippen LogP contribution in [0.1, 0.15) is 233 Å². The molecule has 0 atom stereocenters. The first kappa shape index (κ1) is 57.2. The number of carboxylic acids is 4. The molecule has 0 saturated carbocycles. The van der Waals surface area contributed by atoms with E-state index in [0.717, 1.165) is 51.4 Å². The molecule has 0 unspecified atom stereocenters. The van der Waals surface area contributed by atoms with E-state index in [1.54, 1.807) is 0 Å². The average Bonchev–Trinajstić information content (AvgIpc) is 3.03. The molecule has 0 aromatic rings. The van der Waals surface area contributed by atoms with Crippen LogP contribution in [0.2, 0.25) is 0 Å². The summed E-state index contributed by atoms with van der Waals surface area (Å²) in [6.07, 6.45) is 34.6.